The van der Waals surface area contributed by atoms with E-state index in [4.69, 9.17) is 4.52 Å². The molecule has 1 heterocycles. The Morgan fingerprint density at radius 2 is 2.11 bits per heavy atom. The average molecular weight is 270 g/mol. The molecular formula is C12H9F3N2O2. The van der Waals surface area contributed by atoms with Gasteiger partial charge in [-0.25, -0.2) is 0 Å². The first-order valence-corrected chi connectivity index (χ1v) is 5.40. The number of halogens is 3. The monoisotopic (exact) mass is 270 g/mol. The van der Waals surface area contributed by atoms with Crippen LogP contribution in [0.4, 0.5) is 13.2 Å². The first kappa shape index (κ1) is 13.3. The van der Waals surface area contributed by atoms with Crippen LogP contribution < -0.4 is 0 Å². The van der Waals surface area contributed by atoms with Crippen molar-refractivity contribution < 1.29 is 22.5 Å². The number of aldehydes is 1. The molecule has 100 valence electrons. The molecule has 1 aromatic carbocycles. The van der Waals surface area contributed by atoms with E-state index in [-0.39, 0.29) is 24.6 Å². The summed E-state index contributed by atoms with van der Waals surface area (Å²) in [6.45, 7) is 0. The number of rotatable bonds is 4. The zero-order chi connectivity index (χ0) is 13.9. The molecule has 0 spiro atoms. The lowest BCUT2D eigenvalue weighted by atomic mass is 10.1. The van der Waals surface area contributed by atoms with Crippen molar-refractivity contribution >= 4 is 6.29 Å². The van der Waals surface area contributed by atoms with Crippen LogP contribution in [0.5, 0.6) is 0 Å². The van der Waals surface area contributed by atoms with Gasteiger partial charge in [0.15, 0.2) is 5.82 Å². The van der Waals surface area contributed by atoms with Crippen LogP contribution in [0.15, 0.2) is 28.8 Å². The van der Waals surface area contributed by atoms with Crippen molar-refractivity contribution in [3.05, 3.63) is 47.1 Å². The van der Waals surface area contributed by atoms with E-state index >= 15 is 0 Å². The lowest BCUT2D eigenvalue weighted by Gasteiger charge is -2.07. The fraction of sp³-hybridized carbons (Fsp3) is 0.250. The minimum Gasteiger partial charge on any atom is -0.339 e. The normalized spacial score (nSPS) is 11.5. The summed E-state index contributed by atoms with van der Waals surface area (Å²) >= 11 is 0. The number of carbonyl (C=O) groups excluding carboxylic acids is 1. The first-order valence-electron chi connectivity index (χ1n) is 5.40. The minimum absolute atomic E-state index is 0.0199. The van der Waals surface area contributed by atoms with Gasteiger partial charge in [-0.1, -0.05) is 23.4 Å². The molecule has 2 aromatic rings. The van der Waals surface area contributed by atoms with Crippen LogP contribution in [0.2, 0.25) is 0 Å². The van der Waals surface area contributed by atoms with E-state index in [0.717, 1.165) is 12.1 Å². The van der Waals surface area contributed by atoms with Gasteiger partial charge in [0, 0.05) is 0 Å². The van der Waals surface area contributed by atoms with E-state index in [1.807, 2.05) is 0 Å². The Balaban J connectivity index is 2.16. The van der Waals surface area contributed by atoms with Gasteiger partial charge in [0.2, 0.25) is 5.89 Å². The molecular weight excluding hydrogens is 261 g/mol. The third kappa shape index (κ3) is 3.40. The van der Waals surface area contributed by atoms with Crippen LogP contribution in [0.3, 0.4) is 0 Å². The van der Waals surface area contributed by atoms with E-state index in [1.165, 1.54) is 6.07 Å². The maximum Gasteiger partial charge on any atom is 0.416 e. The summed E-state index contributed by atoms with van der Waals surface area (Å²) < 4.78 is 42.4. The van der Waals surface area contributed by atoms with Gasteiger partial charge < -0.3 is 9.32 Å². The van der Waals surface area contributed by atoms with Gasteiger partial charge in [-0.15, -0.1) is 0 Å². The Morgan fingerprint density at radius 3 is 2.79 bits per heavy atom. The van der Waals surface area contributed by atoms with Crippen LogP contribution in [0, 0.1) is 0 Å². The molecule has 2 rings (SSSR count). The van der Waals surface area contributed by atoms with E-state index < -0.39 is 11.7 Å². The number of nitrogens with zero attached hydrogens (tertiary/aromatic N) is 2. The molecule has 0 atom stereocenters. The summed E-state index contributed by atoms with van der Waals surface area (Å²) in [5, 5.41) is 3.53. The van der Waals surface area contributed by atoms with E-state index in [9.17, 15) is 18.0 Å². The zero-order valence-electron chi connectivity index (χ0n) is 9.65. The summed E-state index contributed by atoms with van der Waals surface area (Å²) in [7, 11) is 0. The second kappa shape index (κ2) is 5.21. The maximum absolute atomic E-state index is 12.5. The molecule has 0 unspecified atom stereocenters. The molecule has 1 aromatic heterocycles. The maximum atomic E-state index is 12.5. The highest BCUT2D eigenvalue weighted by atomic mass is 19.4. The predicted molar refractivity (Wildman–Crippen MR) is 58.3 cm³/mol. The molecule has 0 aliphatic rings. The van der Waals surface area contributed by atoms with Crippen LogP contribution in [-0.4, -0.2) is 16.4 Å². The van der Waals surface area contributed by atoms with Gasteiger partial charge in [0.05, 0.1) is 18.4 Å². The Kier molecular flexibility index (Phi) is 3.64. The molecule has 0 saturated carbocycles. The average Bonchev–Trinajstić information content (AvgIpc) is 2.76. The van der Waals surface area contributed by atoms with Gasteiger partial charge in [-0.05, 0) is 11.6 Å². The van der Waals surface area contributed by atoms with Crippen LogP contribution in [0.25, 0.3) is 0 Å². The summed E-state index contributed by atoms with van der Waals surface area (Å²) in [4.78, 5) is 14.1. The topological polar surface area (TPSA) is 56.0 Å². The van der Waals surface area contributed by atoms with Crippen molar-refractivity contribution in [3.63, 3.8) is 0 Å². The molecule has 0 amide bonds. The molecule has 4 nitrogen and oxygen atoms in total. The highest BCUT2D eigenvalue weighted by molar-refractivity contribution is 5.52. The van der Waals surface area contributed by atoms with Crippen LogP contribution in [0.1, 0.15) is 22.8 Å². The van der Waals surface area contributed by atoms with Crippen molar-refractivity contribution in [1.29, 1.82) is 0 Å². The largest absolute Gasteiger partial charge is 0.416 e. The number of alkyl halides is 3. The summed E-state index contributed by atoms with van der Waals surface area (Å²) in [5.74, 6) is 0.396. The predicted octanol–water partition coefficient (Wildman–Crippen LogP) is 2.42. The van der Waals surface area contributed by atoms with Crippen LogP contribution >= 0.6 is 0 Å². The highest BCUT2D eigenvalue weighted by Crippen LogP contribution is 2.29. The lowest BCUT2D eigenvalue weighted by molar-refractivity contribution is -0.137. The van der Waals surface area contributed by atoms with Gasteiger partial charge >= 0.3 is 6.18 Å². The van der Waals surface area contributed by atoms with Crippen molar-refractivity contribution in [2.75, 3.05) is 0 Å². The minimum atomic E-state index is -4.38. The number of hydrogen-bond donors (Lipinski definition) is 0. The molecule has 0 radical (unpaired) electrons. The molecule has 0 aliphatic heterocycles. The van der Waals surface area contributed by atoms with Gasteiger partial charge in [0.1, 0.15) is 6.29 Å². The van der Waals surface area contributed by atoms with E-state index in [2.05, 4.69) is 10.1 Å². The Hall–Kier alpha value is -2.18. The number of carbonyl (C=O) groups is 1. The number of hydrogen-bond acceptors (Lipinski definition) is 4. The molecule has 7 heteroatoms. The Morgan fingerprint density at radius 1 is 1.32 bits per heavy atom. The van der Waals surface area contributed by atoms with Gasteiger partial charge in [-0.3, -0.25) is 0 Å². The molecule has 0 bridgehead atoms. The van der Waals surface area contributed by atoms with Crippen molar-refractivity contribution in [1.82, 2.24) is 10.1 Å². The second-order valence-electron chi connectivity index (χ2n) is 3.85. The van der Waals surface area contributed by atoms with Crippen molar-refractivity contribution in [3.8, 4) is 0 Å². The number of benzene rings is 1. The number of aromatic nitrogens is 2. The summed E-state index contributed by atoms with van der Waals surface area (Å²) in [5.41, 5.74) is -0.311. The third-order valence-electron chi connectivity index (χ3n) is 2.39. The summed E-state index contributed by atoms with van der Waals surface area (Å²) in [6, 6.07) is 4.89. The van der Waals surface area contributed by atoms with Crippen molar-refractivity contribution in [2.45, 2.75) is 19.0 Å². The van der Waals surface area contributed by atoms with E-state index in [1.54, 1.807) is 6.07 Å². The lowest BCUT2D eigenvalue weighted by Crippen LogP contribution is -2.05. The van der Waals surface area contributed by atoms with E-state index in [0.29, 0.717) is 11.8 Å². The standard InChI is InChI=1S/C12H9F3N2O2/c13-12(14,15)9-3-1-2-8(6-9)7-11-16-10(4-5-18)17-19-11/h1-3,5-6H,4,7H2. The SMILES string of the molecule is O=CCc1noc(Cc2cccc(C(F)(F)F)c2)n1. The Bertz CT molecular complexity index is 578. The fourth-order valence-corrected chi connectivity index (χ4v) is 1.55. The molecule has 0 saturated heterocycles. The van der Waals surface area contributed by atoms with Crippen LogP contribution in [-0.2, 0) is 23.8 Å². The summed E-state index contributed by atoms with van der Waals surface area (Å²) in [6.07, 6.45) is -3.64. The zero-order valence-corrected chi connectivity index (χ0v) is 9.65. The highest BCUT2D eigenvalue weighted by Gasteiger charge is 2.30. The Labute approximate surface area is 106 Å². The second-order valence-corrected chi connectivity index (χ2v) is 3.85. The first-order chi connectivity index (χ1) is 8.99. The fourth-order valence-electron chi connectivity index (χ4n) is 1.55. The smallest absolute Gasteiger partial charge is 0.339 e. The van der Waals surface area contributed by atoms with Crippen molar-refractivity contribution in [2.24, 2.45) is 0 Å². The molecule has 0 fully saturated rings. The molecule has 19 heavy (non-hydrogen) atoms. The van der Waals surface area contributed by atoms with Gasteiger partial charge in [0.25, 0.3) is 0 Å². The third-order valence-corrected chi connectivity index (χ3v) is 2.39. The molecule has 0 N–H and O–H groups in total. The quantitative estimate of drug-likeness (QED) is 0.800. The van der Waals surface area contributed by atoms with Gasteiger partial charge in [-0.2, -0.15) is 18.2 Å². The molecule has 0 aliphatic carbocycles.